The van der Waals surface area contributed by atoms with E-state index in [9.17, 15) is 19.7 Å². The summed E-state index contributed by atoms with van der Waals surface area (Å²) in [5.41, 5.74) is -0.0375. The maximum Gasteiger partial charge on any atom is 0.348 e. The zero-order valence-electron chi connectivity index (χ0n) is 13.4. The van der Waals surface area contributed by atoms with Crippen LogP contribution in [-0.4, -0.2) is 29.4 Å². The van der Waals surface area contributed by atoms with Crippen LogP contribution in [0, 0.1) is 10.1 Å². The van der Waals surface area contributed by atoms with Crippen molar-refractivity contribution < 1.29 is 19.2 Å². The zero-order chi connectivity index (χ0) is 17.7. The molecule has 0 radical (unpaired) electrons. The van der Waals surface area contributed by atoms with E-state index in [1.807, 2.05) is 13.8 Å². The molecule has 0 aliphatic heterocycles. The Kier molecular flexibility index (Phi) is 5.86. The van der Waals surface area contributed by atoms with Gasteiger partial charge in [-0.25, -0.2) is 4.79 Å². The number of nitro benzene ring substituents is 1. The Morgan fingerprint density at radius 3 is 2.79 bits per heavy atom. The standard InChI is InChI=1S/C16H18N2O5S/c1-3-4-10(2)17-15(19)9-23-16(20)14-8-11-7-12(18(21)22)5-6-13(11)24-14/h5-8,10H,3-4,9H2,1-2H3,(H,17,19)/t10-/m1/s1. The van der Waals surface area contributed by atoms with Crippen molar-refractivity contribution in [2.75, 3.05) is 6.61 Å². The fourth-order valence-corrected chi connectivity index (χ4v) is 3.21. The van der Waals surface area contributed by atoms with Crippen molar-refractivity contribution in [3.63, 3.8) is 0 Å². The van der Waals surface area contributed by atoms with Gasteiger partial charge in [0, 0.05) is 28.3 Å². The molecule has 8 heteroatoms. The molecule has 24 heavy (non-hydrogen) atoms. The van der Waals surface area contributed by atoms with Gasteiger partial charge in [0.1, 0.15) is 4.88 Å². The predicted octanol–water partition coefficient (Wildman–Crippen LogP) is 3.27. The molecular weight excluding hydrogens is 332 g/mol. The van der Waals surface area contributed by atoms with Gasteiger partial charge in [-0.1, -0.05) is 13.3 Å². The fraction of sp³-hybridized carbons (Fsp3) is 0.375. The van der Waals surface area contributed by atoms with Crippen molar-refractivity contribution in [2.45, 2.75) is 32.7 Å². The number of nitrogens with zero attached hydrogens (tertiary/aromatic N) is 1. The summed E-state index contributed by atoms with van der Waals surface area (Å²) in [5.74, 6) is -0.960. The number of rotatable bonds is 7. The van der Waals surface area contributed by atoms with Crippen LogP contribution >= 0.6 is 11.3 Å². The van der Waals surface area contributed by atoms with Crippen molar-refractivity contribution in [3.05, 3.63) is 39.3 Å². The number of carbonyl (C=O) groups excluding carboxylic acids is 2. The van der Waals surface area contributed by atoms with Gasteiger partial charge in [-0.3, -0.25) is 14.9 Å². The van der Waals surface area contributed by atoms with E-state index in [2.05, 4.69) is 5.32 Å². The van der Waals surface area contributed by atoms with Gasteiger partial charge in [-0.15, -0.1) is 11.3 Å². The molecule has 128 valence electrons. The summed E-state index contributed by atoms with van der Waals surface area (Å²) in [6.45, 7) is 3.57. The van der Waals surface area contributed by atoms with Gasteiger partial charge >= 0.3 is 5.97 Å². The number of fused-ring (bicyclic) bond motifs is 1. The summed E-state index contributed by atoms with van der Waals surface area (Å²) in [5, 5.41) is 14.1. The van der Waals surface area contributed by atoms with Gasteiger partial charge in [0.05, 0.1) is 4.92 Å². The van der Waals surface area contributed by atoms with Crippen molar-refractivity contribution in [2.24, 2.45) is 0 Å². The molecule has 0 fully saturated rings. The number of hydrogen-bond acceptors (Lipinski definition) is 6. The Bertz CT molecular complexity index is 771. The first-order chi connectivity index (χ1) is 11.4. The molecule has 1 aromatic carbocycles. The Morgan fingerprint density at radius 1 is 1.38 bits per heavy atom. The van der Waals surface area contributed by atoms with E-state index in [0.717, 1.165) is 17.5 Å². The highest BCUT2D eigenvalue weighted by Gasteiger charge is 2.16. The van der Waals surface area contributed by atoms with Gasteiger partial charge < -0.3 is 10.1 Å². The summed E-state index contributed by atoms with van der Waals surface area (Å²) in [6, 6.07) is 5.95. The van der Waals surface area contributed by atoms with Gasteiger partial charge in [0.15, 0.2) is 6.61 Å². The van der Waals surface area contributed by atoms with Crippen LogP contribution in [0.5, 0.6) is 0 Å². The molecule has 0 aliphatic carbocycles. The number of carbonyl (C=O) groups is 2. The Labute approximate surface area is 142 Å². The van der Waals surface area contributed by atoms with Crippen LogP contribution in [0.3, 0.4) is 0 Å². The van der Waals surface area contributed by atoms with Gasteiger partial charge in [0.25, 0.3) is 11.6 Å². The smallest absolute Gasteiger partial charge is 0.348 e. The number of hydrogen-bond donors (Lipinski definition) is 1. The van der Waals surface area contributed by atoms with Crippen molar-refractivity contribution in [3.8, 4) is 0 Å². The van der Waals surface area contributed by atoms with Crippen LogP contribution in [0.25, 0.3) is 10.1 Å². The minimum Gasteiger partial charge on any atom is -0.451 e. The maximum atomic E-state index is 12.0. The zero-order valence-corrected chi connectivity index (χ0v) is 14.2. The molecule has 1 heterocycles. The Morgan fingerprint density at radius 2 is 2.12 bits per heavy atom. The molecule has 2 aromatic rings. The fourth-order valence-electron chi connectivity index (χ4n) is 2.27. The lowest BCUT2D eigenvalue weighted by molar-refractivity contribution is -0.384. The van der Waals surface area contributed by atoms with E-state index in [0.29, 0.717) is 10.3 Å². The molecule has 1 N–H and O–H groups in total. The van der Waals surface area contributed by atoms with Crippen LogP contribution in [-0.2, 0) is 9.53 Å². The van der Waals surface area contributed by atoms with Crippen molar-refractivity contribution in [1.29, 1.82) is 0 Å². The molecular formula is C16H18N2O5S. The average Bonchev–Trinajstić information content (AvgIpc) is 2.95. The lowest BCUT2D eigenvalue weighted by atomic mass is 10.2. The highest BCUT2D eigenvalue weighted by atomic mass is 32.1. The molecule has 1 aromatic heterocycles. The first-order valence-electron chi connectivity index (χ1n) is 7.55. The van der Waals surface area contributed by atoms with E-state index in [-0.39, 0.29) is 24.2 Å². The third-order valence-electron chi connectivity index (χ3n) is 3.38. The number of ether oxygens (including phenoxy) is 1. The van der Waals surface area contributed by atoms with E-state index in [1.165, 1.54) is 29.5 Å². The summed E-state index contributed by atoms with van der Waals surface area (Å²) in [6.07, 6.45) is 1.81. The lowest BCUT2D eigenvalue weighted by Gasteiger charge is -2.12. The number of amides is 1. The van der Waals surface area contributed by atoms with Crippen LogP contribution in [0.2, 0.25) is 0 Å². The second-order valence-electron chi connectivity index (χ2n) is 5.42. The molecule has 7 nitrogen and oxygen atoms in total. The summed E-state index contributed by atoms with van der Waals surface area (Å²) < 4.78 is 5.75. The van der Waals surface area contributed by atoms with Crippen molar-refractivity contribution in [1.82, 2.24) is 5.32 Å². The first-order valence-corrected chi connectivity index (χ1v) is 8.36. The molecule has 0 aliphatic rings. The minimum atomic E-state index is -0.614. The first kappa shape index (κ1) is 17.9. The summed E-state index contributed by atoms with van der Waals surface area (Å²) >= 11 is 1.17. The SMILES string of the molecule is CCC[C@@H](C)NC(=O)COC(=O)c1cc2cc([N+](=O)[O-])ccc2s1. The molecule has 1 atom stereocenters. The molecule has 2 rings (SSSR count). The number of thiophene rings is 1. The maximum absolute atomic E-state index is 12.0. The topological polar surface area (TPSA) is 98.5 Å². The van der Waals surface area contributed by atoms with Crippen LogP contribution in [0.1, 0.15) is 36.4 Å². The van der Waals surface area contributed by atoms with Gasteiger partial charge in [-0.05, 0) is 25.5 Å². The average molecular weight is 350 g/mol. The van der Waals surface area contributed by atoms with E-state index < -0.39 is 10.9 Å². The third-order valence-corrected chi connectivity index (χ3v) is 4.47. The second kappa shape index (κ2) is 7.87. The summed E-state index contributed by atoms with van der Waals surface area (Å²) in [7, 11) is 0. The van der Waals surface area contributed by atoms with E-state index >= 15 is 0 Å². The predicted molar refractivity (Wildman–Crippen MR) is 91.3 cm³/mol. The summed E-state index contributed by atoms with van der Waals surface area (Å²) in [4.78, 5) is 34.3. The van der Waals surface area contributed by atoms with Crippen LogP contribution in [0.15, 0.2) is 24.3 Å². The highest BCUT2D eigenvalue weighted by Crippen LogP contribution is 2.29. The molecule has 1 amide bonds. The highest BCUT2D eigenvalue weighted by molar-refractivity contribution is 7.20. The third kappa shape index (κ3) is 4.51. The number of non-ortho nitro benzene ring substituents is 1. The Balaban J connectivity index is 1.98. The second-order valence-corrected chi connectivity index (χ2v) is 6.51. The van der Waals surface area contributed by atoms with Crippen LogP contribution < -0.4 is 5.32 Å². The quantitative estimate of drug-likeness (QED) is 0.469. The van der Waals surface area contributed by atoms with Crippen molar-refractivity contribution >= 4 is 39.0 Å². The lowest BCUT2D eigenvalue weighted by Crippen LogP contribution is -2.35. The van der Waals surface area contributed by atoms with Crippen LogP contribution in [0.4, 0.5) is 5.69 Å². The molecule has 0 saturated carbocycles. The number of nitro groups is 1. The molecule has 0 unspecified atom stereocenters. The number of benzene rings is 1. The largest absolute Gasteiger partial charge is 0.451 e. The molecule has 0 saturated heterocycles. The van der Waals surface area contributed by atoms with E-state index in [4.69, 9.17) is 4.74 Å². The van der Waals surface area contributed by atoms with Gasteiger partial charge in [-0.2, -0.15) is 0 Å². The monoisotopic (exact) mass is 350 g/mol. The minimum absolute atomic E-state index is 0.0334. The normalized spacial score (nSPS) is 11.9. The molecule has 0 spiro atoms. The number of nitrogens with one attached hydrogen (secondary N) is 1. The molecule has 0 bridgehead atoms. The Hall–Kier alpha value is -2.48. The number of esters is 1. The van der Waals surface area contributed by atoms with Gasteiger partial charge in [0.2, 0.25) is 0 Å². The van der Waals surface area contributed by atoms with E-state index in [1.54, 1.807) is 6.07 Å².